The highest BCUT2D eigenvalue weighted by atomic mass is 35.5. The smallest absolute Gasteiger partial charge is 0.264 e. The Kier molecular flexibility index (Phi) is 10.8. The van der Waals surface area contributed by atoms with E-state index in [0.29, 0.717) is 11.4 Å². The summed E-state index contributed by atoms with van der Waals surface area (Å²) in [6.07, 6.45) is 1.10. The number of halogens is 1. The molecule has 0 aliphatic heterocycles. The molecule has 1 N–H and O–H groups in total. The van der Waals surface area contributed by atoms with Gasteiger partial charge in [0.05, 0.1) is 10.6 Å². The van der Waals surface area contributed by atoms with Crippen molar-refractivity contribution in [2.75, 3.05) is 10.8 Å². The van der Waals surface area contributed by atoms with Gasteiger partial charge in [-0.2, -0.15) is 0 Å². The predicted molar refractivity (Wildman–Crippen MR) is 161 cm³/mol. The van der Waals surface area contributed by atoms with Gasteiger partial charge in [-0.1, -0.05) is 79.0 Å². The molecule has 0 unspecified atom stereocenters. The maximum Gasteiger partial charge on any atom is 0.264 e. The minimum Gasteiger partial charge on any atom is -0.352 e. The Hall–Kier alpha value is -3.36. The van der Waals surface area contributed by atoms with Crippen molar-refractivity contribution in [3.05, 3.63) is 94.5 Å². The highest BCUT2D eigenvalue weighted by Crippen LogP contribution is 2.27. The minimum absolute atomic E-state index is 0.0534. The maximum atomic E-state index is 14.1. The number of rotatable bonds is 12. The molecule has 9 heteroatoms. The molecule has 0 aliphatic rings. The molecule has 0 spiro atoms. The molecule has 2 atom stereocenters. The third kappa shape index (κ3) is 7.86. The van der Waals surface area contributed by atoms with Gasteiger partial charge in [-0.25, -0.2) is 8.42 Å². The number of hydrogen-bond donors (Lipinski definition) is 1. The predicted octanol–water partition coefficient (Wildman–Crippen LogP) is 5.87. The second kappa shape index (κ2) is 13.8. The lowest BCUT2D eigenvalue weighted by Crippen LogP contribution is -2.53. The zero-order valence-corrected chi connectivity index (χ0v) is 25.3. The van der Waals surface area contributed by atoms with Crippen LogP contribution in [0.2, 0.25) is 5.02 Å². The van der Waals surface area contributed by atoms with Crippen LogP contribution in [-0.2, 0) is 26.2 Å². The molecule has 0 fully saturated rings. The van der Waals surface area contributed by atoms with Crippen LogP contribution in [0.5, 0.6) is 0 Å². The second-order valence-corrected chi connectivity index (χ2v) is 12.4. The Morgan fingerprint density at radius 3 is 2.17 bits per heavy atom. The molecular formula is C31H38ClN3O4S. The van der Waals surface area contributed by atoms with Crippen molar-refractivity contribution >= 4 is 39.1 Å². The molecule has 40 heavy (non-hydrogen) atoms. The molecule has 0 aromatic heterocycles. The Labute approximate surface area is 243 Å². The van der Waals surface area contributed by atoms with Crippen LogP contribution in [0.25, 0.3) is 0 Å². The largest absolute Gasteiger partial charge is 0.352 e. The third-order valence-corrected chi connectivity index (χ3v) is 8.83. The number of hydrogen-bond acceptors (Lipinski definition) is 4. The number of aryl methyl sites for hydroxylation is 2. The standard InChI is InChI=1S/C31H38ClN3O4S/c1-6-24(5)33-31(37)29(7-2)34(20-25-11-8-10-23(4)18-25)30(36)21-35(27-13-9-12-26(32)19-27)40(38,39)28-16-14-22(3)15-17-28/h8-19,24,29H,6-7,20-21H2,1-5H3,(H,33,37)/t24-,29+/m1/s1. The lowest BCUT2D eigenvalue weighted by molar-refractivity contribution is -0.140. The molecule has 3 rings (SSSR count). The first-order valence-corrected chi connectivity index (χ1v) is 15.3. The van der Waals surface area contributed by atoms with Crippen LogP contribution in [-0.4, -0.2) is 43.8 Å². The normalized spacial score (nSPS) is 12.8. The number of carbonyl (C=O) groups excluding carboxylic acids is 2. The first-order chi connectivity index (χ1) is 19.0. The van der Waals surface area contributed by atoms with Gasteiger partial charge in [0.15, 0.2) is 0 Å². The van der Waals surface area contributed by atoms with Crippen LogP contribution in [0, 0.1) is 13.8 Å². The zero-order chi connectivity index (χ0) is 29.4. The summed E-state index contributed by atoms with van der Waals surface area (Å²) in [5, 5.41) is 3.32. The van der Waals surface area contributed by atoms with E-state index in [1.165, 1.54) is 23.1 Å². The molecule has 0 heterocycles. The van der Waals surface area contributed by atoms with Crippen molar-refractivity contribution in [1.82, 2.24) is 10.2 Å². The summed E-state index contributed by atoms with van der Waals surface area (Å²) >= 11 is 6.23. The van der Waals surface area contributed by atoms with Crippen LogP contribution in [0.15, 0.2) is 77.7 Å². The topological polar surface area (TPSA) is 86.8 Å². The molecule has 0 saturated carbocycles. The van der Waals surface area contributed by atoms with Gasteiger partial charge in [0.25, 0.3) is 10.0 Å². The van der Waals surface area contributed by atoms with E-state index in [2.05, 4.69) is 5.32 Å². The van der Waals surface area contributed by atoms with E-state index in [4.69, 9.17) is 11.6 Å². The van der Waals surface area contributed by atoms with Crippen molar-refractivity contribution in [2.24, 2.45) is 0 Å². The quantitative estimate of drug-likeness (QED) is 0.289. The lowest BCUT2D eigenvalue weighted by atomic mass is 10.1. The van der Waals surface area contributed by atoms with Crippen molar-refractivity contribution < 1.29 is 18.0 Å². The van der Waals surface area contributed by atoms with Gasteiger partial charge < -0.3 is 10.2 Å². The summed E-state index contributed by atoms with van der Waals surface area (Å²) in [7, 11) is -4.14. The fourth-order valence-electron chi connectivity index (χ4n) is 4.37. The number of anilines is 1. The van der Waals surface area contributed by atoms with Crippen LogP contribution in [0.1, 0.15) is 50.3 Å². The van der Waals surface area contributed by atoms with E-state index in [1.807, 2.05) is 58.9 Å². The van der Waals surface area contributed by atoms with Gasteiger partial charge in [-0.15, -0.1) is 0 Å². The van der Waals surface area contributed by atoms with Crippen LogP contribution >= 0.6 is 11.6 Å². The van der Waals surface area contributed by atoms with Crippen molar-refractivity contribution in [2.45, 2.75) is 71.0 Å². The van der Waals surface area contributed by atoms with Crippen LogP contribution < -0.4 is 9.62 Å². The van der Waals surface area contributed by atoms with Gasteiger partial charge in [0.2, 0.25) is 11.8 Å². The average molecular weight is 584 g/mol. The van der Waals surface area contributed by atoms with Gasteiger partial charge in [-0.05, 0) is 69.5 Å². The fraction of sp³-hybridized carbons (Fsp3) is 0.355. The van der Waals surface area contributed by atoms with Crippen LogP contribution in [0.4, 0.5) is 5.69 Å². The van der Waals surface area contributed by atoms with Gasteiger partial charge >= 0.3 is 0 Å². The number of benzene rings is 3. The van der Waals surface area contributed by atoms with E-state index in [0.717, 1.165) is 27.4 Å². The molecule has 0 radical (unpaired) electrons. The number of nitrogens with one attached hydrogen (secondary N) is 1. The van der Waals surface area contributed by atoms with E-state index < -0.39 is 28.5 Å². The molecule has 0 saturated heterocycles. The van der Waals surface area contributed by atoms with Crippen molar-refractivity contribution in [3.8, 4) is 0 Å². The summed E-state index contributed by atoms with van der Waals surface area (Å²) in [6.45, 7) is 9.20. The first kappa shape index (κ1) is 31.2. The van der Waals surface area contributed by atoms with E-state index >= 15 is 0 Å². The SMILES string of the molecule is CC[C@@H](C)NC(=O)[C@H](CC)N(Cc1cccc(C)c1)C(=O)CN(c1cccc(Cl)c1)S(=O)(=O)c1ccc(C)cc1. The highest BCUT2D eigenvalue weighted by molar-refractivity contribution is 7.92. The number of sulfonamides is 1. The Balaban J connectivity index is 2.06. The minimum atomic E-state index is -4.14. The van der Waals surface area contributed by atoms with E-state index in [9.17, 15) is 18.0 Å². The maximum absolute atomic E-state index is 14.1. The Morgan fingerprint density at radius 2 is 1.57 bits per heavy atom. The number of amides is 2. The highest BCUT2D eigenvalue weighted by Gasteiger charge is 2.34. The molecule has 7 nitrogen and oxygen atoms in total. The fourth-order valence-corrected chi connectivity index (χ4v) is 5.96. The summed E-state index contributed by atoms with van der Waals surface area (Å²) in [5.74, 6) is -0.767. The van der Waals surface area contributed by atoms with Gasteiger partial charge in [0, 0.05) is 17.6 Å². The van der Waals surface area contributed by atoms with E-state index in [-0.39, 0.29) is 29.1 Å². The average Bonchev–Trinajstić information content (AvgIpc) is 2.91. The van der Waals surface area contributed by atoms with Crippen molar-refractivity contribution in [3.63, 3.8) is 0 Å². The molecule has 0 aliphatic carbocycles. The summed E-state index contributed by atoms with van der Waals surface area (Å²) in [4.78, 5) is 29.0. The number of carbonyl (C=O) groups is 2. The molecule has 2 amide bonds. The lowest BCUT2D eigenvalue weighted by Gasteiger charge is -2.33. The summed E-state index contributed by atoms with van der Waals surface area (Å²) in [6, 6.07) is 19.7. The summed E-state index contributed by atoms with van der Waals surface area (Å²) < 4.78 is 28.9. The van der Waals surface area contributed by atoms with Crippen LogP contribution in [0.3, 0.4) is 0 Å². The molecule has 214 valence electrons. The monoisotopic (exact) mass is 583 g/mol. The summed E-state index contributed by atoms with van der Waals surface area (Å²) in [5.41, 5.74) is 3.03. The second-order valence-electron chi connectivity index (χ2n) is 10.1. The third-order valence-electron chi connectivity index (χ3n) is 6.81. The molecule has 0 bridgehead atoms. The van der Waals surface area contributed by atoms with E-state index in [1.54, 1.807) is 30.3 Å². The molecule has 3 aromatic carbocycles. The van der Waals surface area contributed by atoms with Gasteiger partial charge in [-0.3, -0.25) is 13.9 Å². The first-order valence-electron chi connectivity index (χ1n) is 13.5. The molecular weight excluding hydrogens is 546 g/mol. The zero-order valence-electron chi connectivity index (χ0n) is 23.7. The molecule has 3 aromatic rings. The Bertz CT molecular complexity index is 1430. The number of nitrogens with zero attached hydrogens (tertiary/aromatic N) is 2. The Morgan fingerprint density at radius 1 is 0.900 bits per heavy atom. The van der Waals surface area contributed by atoms with Gasteiger partial charge in [0.1, 0.15) is 12.6 Å². The van der Waals surface area contributed by atoms with Crippen molar-refractivity contribution in [1.29, 1.82) is 0 Å².